The first kappa shape index (κ1) is 15.8. The third kappa shape index (κ3) is 3.53. The largest absolute Gasteiger partial charge is 0.454 e. The molecule has 0 saturated heterocycles. The number of ether oxygens (including phenoxy) is 1. The number of nitrogens with two attached hydrogens (primary N) is 1. The van der Waals surface area contributed by atoms with E-state index < -0.39 is 4.92 Å². The van der Waals surface area contributed by atoms with Gasteiger partial charge in [-0.05, 0) is 46.6 Å². The number of nitrogens with zero attached hydrogens (tertiary/aromatic N) is 1. The molecule has 0 aromatic heterocycles. The van der Waals surface area contributed by atoms with Crippen LogP contribution in [0.2, 0.25) is 5.02 Å². The van der Waals surface area contributed by atoms with Gasteiger partial charge in [0, 0.05) is 12.1 Å². The monoisotopic (exact) mass is 370 g/mol. The molecule has 110 valence electrons. The molecule has 0 aliphatic rings. The average Bonchev–Trinajstić information content (AvgIpc) is 2.42. The van der Waals surface area contributed by atoms with Crippen molar-refractivity contribution in [2.45, 2.75) is 13.0 Å². The molecule has 0 amide bonds. The summed E-state index contributed by atoms with van der Waals surface area (Å²) in [6.45, 7) is 1.85. The molecule has 5 nitrogen and oxygen atoms in total. The number of hydrogen-bond donors (Lipinski definition) is 1. The maximum atomic E-state index is 10.9. The standard InChI is InChI=1S/C14H12BrClN2O3/c1-8(17)9-5-6-12(10(16)7-9)21-13-4-2-3-11(14(13)15)18(19)20/h2-8H,17H2,1H3/t8-/m1/s1. The van der Waals surface area contributed by atoms with Gasteiger partial charge in [0.25, 0.3) is 5.69 Å². The van der Waals surface area contributed by atoms with Gasteiger partial charge in [-0.25, -0.2) is 0 Å². The van der Waals surface area contributed by atoms with Crippen molar-refractivity contribution in [1.82, 2.24) is 0 Å². The quantitative estimate of drug-likeness (QED) is 0.617. The van der Waals surface area contributed by atoms with Gasteiger partial charge in [-0.2, -0.15) is 0 Å². The third-order valence-electron chi connectivity index (χ3n) is 2.84. The summed E-state index contributed by atoms with van der Waals surface area (Å²) < 4.78 is 5.91. The molecule has 0 radical (unpaired) electrons. The molecule has 21 heavy (non-hydrogen) atoms. The van der Waals surface area contributed by atoms with Crippen molar-refractivity contribution in [1.29, 1.82) is 0 Å². The smallest absolute Gasteiger partial charge is 0.287 e. The Hall–Kier alpha value is -1.63. The molecule has 2 aromatic carbocycles. The lowest BCUT2D eigenvalue weighted by Gasteiger charge is -2.12. The Balaban J connectivity index is 2.35. The fourth-order valence-corrected chi connectivity index (χ4v) is 2.44. The fourth-order valence-electron chi connectivity index (χ4n) is 1.72. The minimum absolute atomic E-state index is 0.0733. The number of nitro groups is 1. The highest BCUT2D eigenvalue weighted by Crippen LogP contribution is 2.38. The van der Waals surface area contributed by atoms with Crippen LogP contribution in [0.3, 0.4) is 0 Å². The van der Waals surface area contributed by atoms with Crippen molar-refractivity contribution in [3.05, 3.63) is 61.6 Å². The van der Waals surface area contributed by atoms with Crippen LogP contribution in [0, 0.1) is 10.1 Å². The topological polar surface area (TPSA) is 78.4 Å². The number of nitro benzene ring substituents is 1. The van der Waals surface area contributed by atoms with Crippen molar-refractivity contribution >= 4 is 33.2 Å². The van der Waals surface area contributed by atoms with Crippen molar-refractivity contribution in [3.63, 3.8) is 0 Å². The summed E-state index contributed by atoms with van der Waals surface area (Å²) in [5, 5.41) is 11.3. The van der Waals surface area contributed by atoms with E-state index in [4.69, 9.17) is 22.1 Å². The van der Waals surface area contributed by atoms with E-state index in [2.05, 4.69) is 15.9 Å². The highest BCUT2D eigenvalue weighted by atomic mass is 79.9. The molecule has 7 heteroatoms. The average molecular weight is 372 g/mol. The second-order valence-electron chi connectivity index (χ2n) is 4.43. The van der Waals surface area contributed by atoms with Crippen LogP contribution in [-0.2, 0) is 0 Å². The van der Waals surface area contributed by atoms with E-state index in [1.165, 1.54) is 6.07 Å². The minimum atomic E-state index is -0.488. The summed E-state index contributed by atoms with van der Waals surface area (Å²) >= 11 is 9.32. The fraction of sp³-hybridized carbons (Fsp3) is 0.143. The van der Waals surface area contributed by atoms with E-state index in [9.17, 15) is 10.1 Å². The molecular formula is C14H12BrClN2O3. The van der Waals surface area contributed by atoms with Gasteiger partial charge in [0.05, 0.1) is 9.95 Å². The Morgan fingerprint density at radius 3 is 2.62 bits per heavy atom. The summed E-state index contributed by atoms with van der Waals surface area (Å²) in [6, 6.07) is 9.62. The van der Waals surface area contributed by atoms with E-state index >= 15 is 0 Å². The van der Waals surface area contributed by atoms with E-state index in [0.29, 0.717) is 16.5 Å². The van der Waals surface area contributed by atoms with Crippen LogP contribution in [-0.4, -0.2) is 4.92 Å². The predicted octanol–water partition coefficient (Wildman–Crippen LogP) is 4.82. The molecule has 2 N–H and O–H groups in total. The lowest BCUT2D eigenvalue weighted by atomic mass is 10.1. The Labute approximate surface area is 134 Å². The maximum absolute atomic E-state index is 10.9. The zero-order chi connectivity index (χ0) is 15.6. The molecule has 0 aliphatic carbocycles. The molecule has 0 aliphatic heterocycles. The van der Waals surface area contributed by atoms with Gasteiger partial charge < -0.3 is 10.5 Å². The Morgan fingerprint density at radius 2 is 2.05 bits per heavy atom. The van der Waals surface area contributed by atoms with Gasteiger partial charge in [0.1, 0.15) is 16.0 Å². The molecular weight excluding hydrogens is 360 g/mol. The lowest BCUT2D eigenvalue weighted by molar-refractivity contribution is -0.385. The Bertz CT molecular complexity index is 692. The van der Waals surface area contributed by atoms with Crippen molar-refractivity contribution < 1.29 is 9.66 Å². The van der Waals surface area contributed by atoms with E-state index in [0.717, 1.165) is 5.56 Å². The van der Waals surface area contributed by atoms with Gasteiger partial charge in [0.2, 0.25) is 0 Å². The lowest BCUT2D eigenvalue weighted by Crippen LogP contribution is -2.04. The van der Waals surface area contributed by atoms with Gasteiger partial charge in [-0.15, -0.1) is 0 Å². The maximum Gasteiger partial charge on any atom is 0.287 e. The highest BCUT2D eigenvalue weighted by molar-refractivity contribution is 9.10. The molecule has 0 heterocycles. The van der Waals surface area contributed by atoms with Crippen LogP contribution in [0.15, 0.2) is 40.9 Å². The molecule has 1 atom stereocenters. The Morgan fingerprint density at radius 1 is 1.33 bits per heavy atom. The highest BCUT2D eigenvalue weighted by Gasteiger charge is 2.17. The molecule has 0 bridgehead atoms. The van der Waals surface area contributed by atoms with E-state index in [1.807, 2.05) is 6.92 Å². The summed E-state index contributed by atoms with van der Waals surface area (Å²) in [5.74, 6) is 0.724. The Kier molecular flexibility index (Phi) is 4.82. The molecule has 0 saturated carbocycles. The number of benzene rings is 2. The second kappa shape index (κ2) is 6.43. The molecule has 2 rings (SSSR count). The summed E-state index contributed by atoms with van der Waals surface area (Å²) in [6.07, 6.45) is 0. The molecule has 0 unspecified atom stereocenters. The van der Waals surface area contributed by atoms with Crippen molar-refractivity contribution in [2.75, 3.05) is 0 Å². The van der Waals surface area contributed by atoms with Gasteiger partial charge >= 0.3 is 0 Å². The van der Waals surface area contributed by atoms with E-state index in [1.54, 1.807) is 30.3 Å². The number of halogens is 2. The first-order valence-corrected chi connectivity index (χ1v) is 7.23. The van der Waals surface area contributed by atoms with Crippen LogP contribution in [0.1, 0.15) is 18.5 Å². The van der Waals surface area contributed by atoms with Gasteiger partial charge in [-0.3, -0.25) is 10.1 Å². The van der Waals surface area contributed by atoms with Crippen molar-refractivity contribution in [3.8, 4) is 11.5 Å². The van der Waals surface area contributed by atoms with Crippen LogP contribution >= 0.6 is 27.5 Å². The summed E-state index contributed by atoms with van der Waals surface area (Å²) in [5.41, 5.74) is 6.59. The van der Waals surface area contributed by atoms with Gasteiger partial charge in [-0.1, -0.05) is 23.7 Å². The van der Waals surface area contributed by atoms with Crippen molar-refractivity contribution in [2.24, 2.45) is 5.73 Å². The minimum Gasteiger partial charge on any atom is -0.454 e. The SMILES string of the molecule is C[C@@H](N)c1ccc(Oc2cccc([N+](=O)[O-])c2Br)c(Cl)c1. The number of rotatable bonds is 4. The second-order valence-corrected chi connectivity index (χ2v) is 5.63. The third-order valence-corrected chi connectivity index (χ3v) is 3.93. The number of hydrogen-bond acceptors (Lipinski definition) is 4. The van der Waals surface area contributed by atoms with Crippen LogP contribution in [0.25, 0.3) is 0 Å². The molecule has 0 fully saturated rings. The summed E-state index contributed by atoms with van der Waals surface area (Å²) in [4.78, 5) is 10.4. The van der Waals surface area contributed by atoms with Crippen LogP contribution in [0.4, 0.5) is 5.69 Å². The van der Waals surface area contributed by atoms with Gasteiger partial charge in [0.15, 0.2) is 0 Å². The van der Waals surface area contributed by atoms with Crippen LogP contribution in [0.5, 0.6) is 11.5 Å². The first-order valence-electron chi connectivity index (χ1n) is 6.06. The summed E-state index contributed by atoms with van der Waals surface area (Å²) in [7, 11) is 0. The molecule has 0 spiro atoms. The first-order chi connectivity index (χ1) is 9.90. The zero-order valence-corrected chi connectivity index (χ0v) is 13.4. The molecule has 2 aromatic rings. The zero-order valence-electron chi connectivity index (χ0n) is 11.0. The normalized spacial score (nSPS) is 12.0. The predicted molar refractivity (Wildman–Crippen MR) is 84.9 cm³/mol. The van der Waals surface area contributed by atoms with Crippen LogP contribution < -0.4 is 10.5 Å². The van der Waals surface area contributed by atoms with E-state index in [-0.39, 0.29) is 16.2 Å².